The predicted molar refractivity (Wildman–Crippen MR) is 145 cm³/mol. The standard InChI is InChI=1S/C27H36N8O2/c1-33-10-12-35(13-11-33)25-6-7-30-27(32-25)31-20-2-4-22(5-3-20)37-24-19-21(34-14-16-36-17-15-34)18-23-26(24)29-9-8-28-23/h6-9,18-20,22H,2-5,10-17H2,1H3,(H,30,31,32)/t20-,22+. The fourth-order valence-corrected chi connectivity index (χ4v) is 5.44. The van der Waals surface area contributed by atoms with Crippen molar-refractivity contribution in [2.75, 3.05) is 74.6 Å². The Kier molecular flexibility index (Phi) is 7.18. The molecule has 0 atom stereocenters. The van der Waals surface area contributed by atoms with E-state index in [0.29, 0.717) is 6.04 Å². The van der Waals surface area contributed by atoms with E-state index >= 15 is 0 Å². The summed E-state index contributed by atoms with van der Waals surface area (Å²) in [4.78, 5) is 25.5. The molecule has 4 heterocycles. The highest BCUT2D eigenvalue weighted by molar-refractivity contribution is 5.85. The van der Waals surface area contributed by atoms with Gasteiger partial charge in [-0.25, -0.2) is 9.97 Å². The van der Waals surface area contributed by atoms with Crippen molar-refractivity contribution in [3.8, 4) is 5.75 Å². The summed E-state index contributed by atoms with van der Waals surface area (Å²) in [5.41, 5.74) is 2.82. The number of hydrogen-bond donors (Lipinski definition) is 1. The Hall–Kier alpha value is -3.24. The van der Waals surface area contributed by atoms with E-state index in [1.165, 1.54) is 0 Å². The molecule has 1 saturated carbocycles. The van der Waals surface area contributed by atoms with Gasteiger partial charge in [0.05, 0.1) is 24.8 Å². The first kappa shape index (κ1) is 24.1. The van der Waals surface area contributed by atoms with Crippen LogP contribution in [-0.2, 0) is 4.74 Å². The van der Waals surface area contributed by atoms with Gasteiger partial charge in [0, 0.05) is 75.7 Å². The summed E-state index contributed by atoms with van der Waals surface area (Å²) in [5.74, 6) is 2.56. The molecule has 0 amide bonds. The quantitative estimate of drug-likeness (QED) is 0.540. The lowest BCUT2D eigenvalue weighted by Gasteiger charge is -2.33. The largest absolute Gasteiger partial charge is 0.488 e. The first-order valence-corrected chi connectivity index (χ1v) is 13.5. The van der Waals surface area contributed by atoms with Crippen molar-refractivity contribution in [1.82, 2.24) is 24.8 Å². The minimum Gasteiger partial charge on any atom is -0.488 e. The molecule has 1 aliphatic carbocycles. The molecule has 3 aliphatic rings. The van der Waals surface area contributed by atoms with Crippen LogP contribution in [0, 0.1) is 0 Å². The molecule has 2 saturated heterocycles. The summed E-state index contributed by atoms with van der Waals surface area (Å²) in [6.45, 7) is 7.37. The van der Waals surface area contributed by atoms with E-state index in [1.807, 2.05) is 12.3 Å². The normalized spacial score (nSPS) is 23.3. The molecule has 10 heteroatoms. The second-order valence-corrected chi connectivity index (χ2v) is 10.2. The topological polar surface area (TPSA) is 91.8 Å². The van der Waals surface area contributed by atoms with Crippen LogP contribution in [0.3, 0.4) is 0 Å². The molecule has 1 N–H and O–H groups in total. The van der Waals surface area contributed by atoms with Crippen LogP contribution in [0.5, 0.6) is 5.75 Å². The molecule has 0 unspecified atom stereocenters. The van der Waals surface area contributed by atoms with E-state index in [0.717, 1.165) is 112 Å². The van der Waals surface area contributed by atoms with Gasteiger partial charge in [-0.05, 0) is 44.9 Å². The van der Waals surface area contributed by atoms with Gasteiger partial charge in [-0.2, -0.15) is 4.98 Å². The maximum atomic E-state index is 6.58. The molecule has 10 nitrogen and oxygen atoms in total. The lowest BCUT2D eigenvalue weighted by atomic mass is 9.93. The zero-order chi connectivity index (χ0) is 25.0. The van der Waals surface area contributed by atoms with Crippen LogP contribution in [0.15, 0.2) is 36.8 Å². The monoisotopic (exact) mass is 504 g/mol. The van der Waals surface area contributed by atoms with Crippen LogP contribution >= 0.6 is 0 Å². The van der Waals surface area contributed by atoms with Gasteiger partial charge >= 0.3 is 0 Å². The number of benzene rings is 1. The number of anilines is 3. The summed E-state index contributed by atoms with van der Waals surface area (Å²) in [5, 5.41) is 3.58. The molecule has 6 rings (SSSR count). The van der Waals surface area contributed by atoms with E-state index in [2.05, 4.69) is 54.1 Å². The Bertz CT molecular complexity index is 1190. The average Bonchev–Trinajstić information content (AvgIpc) is 2.95. The maximum absolute atomic E-state index is 6.58. The van der Waals surface area contributed by atoms with E-state index < -0.39 is 0 Å². The summed E-state index contributed by atoms with van der Waals surface area (Å²) in [6.07, 6.45) is 9.47. The first-order chi connectivity index (χ1) is 18.2. The SMILES string of the molecule is CN1CCN(c2ccnc(N[C@H]3CC[C@@H](Oc4cc(N5CCOCC5)cc5nccnc45)CC3)n2)CC1. The molecule has 196 valence electrons. The third-order valence-corrected chi connectivity index (χ3v) is 7.67. The molecule has 3 aromatic rings. The lowest BCUT2D eigenvalue weighted by molar-refractivity contribution is 0.122. The van der Waals surface area contributed by atoms with Crippen molar-refractivity contribution in [1.29, 1.82) is 0 Å². The highest BCUT2D eigenvalue weighted by Crippen LogP contribution is 2.33. The van der Waals surface area contributed by atoms with E-state index in [-0.39, 0.29) is 6.10 Å². The number of nitrogens with one attached hydrogen (secondary N) is 1. The lowest BCUT2D eigenvalue weighted by Crippen LogP contribution is -2.44. The van der Waals surface area contributed by atoms with Gasteiger partial charge < -0.3 is 29.5 Å². The van der Waals surface area contributed by atoms with Gasteiger partial charge in [0.25, 0.3) is 0 Å². The number of fused-ring (bicyclic) bond motifs is 1. The molecule has 0 bridgehead atoms. The highest BCUT2D eigenvalue weighted by Gasteiger charge is 2.25. The van der Waals surface area contributed by atoms with Crippen LogP contribution < -0.4 is 19.9 Å². The van der Waals surface area contributed by atoms with Crippen molar-refractivity contribution < 1.29 is 9.47 Å². The molecule has 1 aromatic carbocycles. The second kappa shape index (κ2) is 11.0. The number of morpholine rings is 1. The van der Waals surface area contributed by atoms with E-state index in [9.17, 15) is 0 Å². The molecule has 2 aromatic heterocycles. The van der Waals surface area contributed by atoms with Crippen molar-refractivity contribution in [2.24, 2.45) is 0 Å². The Balaban J connectivity index is 1.08. The predicted octanol–water partition coefficient (Wildman–Crippen LogP) is 2.81. The van der Waals surface area contributed by atoms with Gasteiger partial charge in [0.2, 0.25) is 5.95 Å². The van der Waals surface area contributed by atoms with Gasteiger partial charge in [-0.15, -0.1) is 0 Å². The van der Waals surface area contributed by atoms with Gasteiger partial charge in [0.15, 0.2) is 0 Å². The third kappa shape index (κ3) is 5.70. The molecular weight excluding hydrogens is 468 g/mol. The fraction of sp³-hybridized carbons (Fsp3) is 0.556. The van der Waals surface area contributed by atoms with Crippen LogP contribution in [0.2, 0.25) is 0 Å². The summed E-state index contributed by atoms with van der Waals surface area (Å²) in [7, 11) is 2.17. The number of aromatic nitrogens is 4. The third-order valence-electron chi connectivity index (χ3n) is 7.67. The Morgan fingerprint density at radius 3 is 2.46 bits per heavy atom. The number of ether oxygens (including phenoxy) is 2. The van der Waals surface area contributed by atoms with E-state index in [1.54, 1.807) is 12.4 Å². The zero-order valence-corrected chi connectivity index (χ0v) is 21.6. The second-order valence-electron chi connectivity index (χ2n) is 10.2. The molecule has 37 heavy (non-hydrogen) atoms. The van der Waals surface area contributed by atoms with Crippen LogP contribution in [0.1, 0.15) is 25.7 Å². The smallest absolute Gasteiger partial charge is 0.224 e. The van der Waals surface area contributed by atoms with Crippen molar-refractivity contribution >= 4 is 28.5 Å². The number of rotatable bonds is 6. The van der Waals surface area contributed by atoms with Crippen molar-refractivity contribution in [3.63, 3.8) is 0 Å². The van der Waals surface area contributed by atoms with Crippen LogP contribution in [0.4, 0.5) is 17.5 Å². The molecule has 0 radical (unpaired) electrons. The van der Waals surface area contributed by atoms with E-state index in [4.69, 9.17) is 14.5 Å². The number of likely N-dealkylation sites (N-methyl/N-ethyl adjacent to an activating group) is 1. The molecule has 3 fully saturated rings. The number of hydrogen-bond acceptors (Lipinski definition) is 10. The Labute approximate surface area is 218 Å². The minimum absolute atomic E-state index is 0.154. The first-order valence-electron chi connectivity index (χ1n) is 13.5. The fourth-order valence-electron chi connectivity index (χ4n) is 5.44. The summed E-state index contributed by atoms with van der Waals surface area (Å²) >= 11 is 0. The van der Waals surface area contributed by atoms with Crippen molar-refractivity contribution in [3.05, 3.63) is 36.8 Å². The Morgan fingerprint density at radius 1 is 0.865 bits per heavy atom. The average molecular weight is 505 g/mol. The molecular formula is C27H36N8O2. The molecule has 2 aliphatic heterocycles. The van der Waals surface area contributed by atoms with Crippen molar-refractivity contribution in [2.45, 2.75) is 37.8 Å². The minimum atomic E-state index is 0.154. The highest BCUT2D eigenvalue weighted by atomic mass is 16.5. The maximum Gasteiger partial charge on any atom is 0.224 e. The number of piperazine rings is 1. The van der Waals surface area contributed by atoms with Gasteiger partial charge in [-0.1, -0.05) is 0 Å². The Morgan fingerprint density at radius 2 is 1.65 bits per heavy atom. The summed E-state index contributed by atoms with van der Waals surface area (Å²) < 4.78 is 12.1. The van der Waals surface area contributed by atoms with Gasteiger partial charge in [-0.3, -0.25) is 4.98 Å². The van der Waals surface area contributed by atoms with Crippen LogP contribution in [-0.4, -0.2) is 96.5 Å². The molecule has 0 spiro atoms. The zero-order valence-electron chi connectivity index (χ0n) is 21.6. The van der Waals surface area contributed by atoms with Crippen LogP contribution in [0.25, 0.3) is 11.0 Å². The summed E-state index contributed by atoms with van der Waals surface area (Å²) in [6, 6.07) is 6.60. The number of nitrogens with zero attached hydrogens (tertiary/aromatic N) is 7. The van der Waals surface area contributed by atoms with Gasteiger partial charge in [0.1, 0.15) is 17.1 Å².